The number of rotatable bonds is 3. The summed E-state index contributed by atoms with van der Waals surface area (Å²) in [6.45, 7) is 0. The molecule has 4 heteroatoms. The van der Waals surface area contributed by atoms with E-state index in [9.17, 15) is 4.79 Å². The summed E-state index contributed by atoms with van der Waals surface area (Å²) < 4.78 is 10.5. The van der Waals surface area contributed by atoms with Crippen molar-refractivity contribution < 1.29 is 9.47 Å². The molecule has 0 atom stereocenters. The number of aromatic nitrogens is 1. The fourth-order valence-corrected chi connectivity index (χ4v) is 2.38. The number of hydrogen-bond donors (Lipinski definition) is 1. The molecule has 0 aliphatic carbocycles. The first-order valence-electron chi connectivity index (χ1n) is 6.57. The lowest BCUT2D eigenvalue weighted by Crippen LogP contribution is -2.05. The predicted molar refractivity (Wildman–Crippen MR) is 83.1 cm³/mol. The molecule has 1 N–H and O–H groups in total. The van der Waals surface area contributed by atoms with Crippen molar-refractivity contribution in [2.24, 2.45) is 0 Å². The molecule has 1 heterocycles. The Morgan fingerprint density at radius 1 is 0.952 bits per heavy atom. The number of fused-ring (bicyclic) bond motifs is 1. The monoisotopic (exact) mass is 281 g/mol. The molecule has 1 aromatic heterocycles. The van der Waals surface area contributed by atoms with E-state index < -0.39 is 0 Å². The molecule has 0 saturated carbocycles. The minimum absolute atomic E-state index is 0.0814. The van der Waals surface area contributed by atoms with Crippen molar-refractivity contribution in [1.29, 1.82) is 0 Å². The number of benzene rings is 2. The highest BCUT2D eigenvalue weighted by molar-refractivity contribution is 5.88. The summed E-state index contributed by atoms with van der Waals surface area (Å²) >= 11 is 0. The van der Waals surface area contributed by atoms with Gasteiger partial charge in [-0.1, -0.05) is 30.3 Å². The van der Waals surface area contributed by atoms with Crippen LogP contribution >= 0.6 is 0 Å². The number of H-pyrrole nitrogens is 1. The molecule has 21 heavy (non-hydrogen) atoms. The Balaban J connectivity index is 2.31. The molecule has 0 unspecified atom stereocenters. The third kappa shape index (κ3) is 2.36. The van der Waals surface area contributed by atoms with Crippen LogP contribution in [0.1, 0.15) is 0 Å². The number of nitrogens with one attached hydrogen (secondary N) is 1. The number of methoxy groups -OCH3 is 2. The fourth-order valence-electron chi connectivity index (χ4n) is 2.38. The summed E-state index contributed by atoms with van der Waals surface area (Å²) in [5, 5.41) is 0.526. The SMILES string of the molecule is COc1cc(OC)c2c(=O)cc(-c3ccccc3)[nH]c2c1. The second-order valence-electron chi connectivity index (χ2n) is 4.67. The number of hydrogen-bond acceptors (Lipinski definition) is 3. The Kier molecular flexibility index (Phi) is 3.36. The number of ether oxygens (including phenoxy) is 2. The highest BCUT2D eigenvalue weighted by Gasteiger charge is 2.11. The summed E-state index contributed by atoms with van der Waals surface area (Å²) in [5.74, 6) is 1.14. The number of aromatic amines is 1. The highest BCUT2D eigenvalue weighted by Crippen LogP contribution is 2.29. The Bertz CT molecular complexity index is 838. The van der Waals surface area contributed by atoms with Crippen molar-refractivity contribution in [2.75, 3.05) is 14.2 Å². The molecule has 4 nitrogen and oxygen atoms in total. The van der Waals surface area contributed by atoms with Crippen LogP contribution in [0.4, 0.5) is 0 Å². The first-order chi connectivity index (χ1) is 10.2. The molecule has 0 bridgehead atoms. The summed E-state index contributed by atoms with van der Waals surface area (Å²) in [4.78, 5) is 15.7. The van der Waals surface area contributed by atoms with Crippen LogP contribution in [0.3, 0.4) is 0 Å². The topological polar surface area (TPSA) is 51.3 Å². The molecule has 3 aromatic rings. The predicted octanol–water partition coefficient (Wildman–Crippen LogP) is 3.21. The van der Waals surface area contributed by atoms with Crippen LogP contribution in [-0.4, -0.2) is 19.2 Å². The van der Waals surface area contributed by atoms with E-state index in [0.717, 1.165) is 11.3 Å². The van der Waals surface area contributed by atoms with Gasteiger partial charge in [-0.3, -0.25) is 4.79 Å². The Labute approximate surface area is 122 Å². The zero-order chi connectivity index (χ0) is 14.8. The van der Waals surface area contributed by atoms with Crippen molar-refractivity contribution in [1.82, 2.24) is 4.98 Å². The van der Waals surface area contributed by atoms with Gasteiger partial charge in [-0.2, -0.15) is 0 Å². The van der Waals surface area contributed by atoms with Gasteiger partial charge in [0.05, 0.1) is 25.1 Å². The molecule has 0 fully saturated rings. The van der Waals surface area contributed by atoms with Gasteiger partial charge in [0.25, 0.3) is 0 Å². The lowest BCUT2D eigenvalue weighted by molar-refractivity contribution is 0.397. The second kappa shape index (κ2) is 5.32. The molecular weight excluding hydrogens is 266 g/mol. The molecule has 2 aromatic carbocycles. The minimum Gasteiger partial charge on any atom is -0.497 e. The van der Waals surface area contributed by atoms with E-state index in [1.54, 1.807) is 32.4 Å². The van der Waals surface area contributed by atoms with Crippen molar-refractivity contribution in [2.45, 2.75) is 0 Å². The summed E-state index contributed by atoms with van der Waals surface area (Å²) in [5.41, 5.74) is 2.33. The molecule has 3 rings (SSSR count). The van der Waals surface area contributed by atoms with Crippen molar-refractivity contribution in [3.63, 3.8) is 0 Å². The van der Waals surface area contributed by atoms with E-state index in [4.69, 9.17) is 9.47 Å². The van der Waals surface area contributed by atoms with Gasteiger partial charge in [-0.25, -0.2) is 0 Å². The van der Waals surface area contributed by atoms with Crippen molar-refractivity contribution in [3.8, 4) is 22.8 Å². The zero-order valence-corrected chi connectivity index (χ0v) is 11.8. The van der Waals surface area contributed by atoms with Crippen LogP contribution in [0.15, 0.2) is 53.3 Å². The van der Waals surface area contributed by atoms with Crippen molar-refractivity contribution >= 4 is 10.9 Å². The maximum atomic E-state index is 12.4. The fraction of sp³-hybridized carbons (Fsp3) is 0.118. The van der Waals surface area contributed by atoms with Crippen LogP contribution in [0, 0.1) is 0 Å². The van der Waals surface area contributed by atoms with Crippen LogP contribution in [-0.2, 0) is 0 Å². The van der Waals surface area contributed by atoms with E-state index in [1.165, 1.54) is 0 Å². The molecular formula is C17H15NO3. The standard InChI is InChI=1S/C17H15NO3/c1-20-12-8-14-17(16(9-12)21-2)15(19)10-13(18-14)11-6-4-3-5-7-11/h3-10H,1-2H3,(H,18,19). The van der Waals surface area contributed by atoms with Crippen LogP contribution in [0.2, 0.25) is 0 Å². The average Bonchev–Trinajstić information content (AvgIpc) is 2.54. The molecule has 0 spiro atoms. The van der Waals surface area contributed by atoms with Gasteiger partial charge < -0.3 is 14.5 Å². The van der Waals surface area contributed by atoms with E-state index in [0.29, 0.717) is 22.4 Å². The van der Waals surface area contributed by atoms with Gasteiger partial charge in [-0.05, 0) is 5.56 Å². The average molecular weight is 281 g/mol. The van der Waals surface area contributed by atoms with E-state index in [1.807, 2.05) is 30.3 Å². The molecule has 0 radical (unpaired) electrons. The van der Waals surface area contributed by atoms with Gasteiger partial charge >= 0.3 is 0 Å². The molecule has 0 saturated heterocycles. The van der Waals surface area contributed by atoms with Gasteiger partial charge in [0.15, 0.2) is 5.43 Å². The smallest absolute Gasteiger partial charge is 0.193 e. The molecule has 0 aliphatic rings. The second-order valence-corrected chi connectivity index (χ2v) is 4.67. The summed E-state index contributed by atoms with van der Waals surface area (Å²) in [6, 6.07) is 14.8. The highest BCUT2D eigenvalue weighted by atomic mass is 16.5. The quantitative estimate of drug-likeness (QED) is 0.802. The van der Waals surface area contributed by atoms with Gasteiger partial charge in [-0.15, -0.1) is 0 Å². The van der Waals surface area contributed by atoms with E-state index in [-0.39, 0.29) is 5.43 Å². The minimum atomic E-state index is -0.0814. The van der Waals surface area contributed by atoms with Crippen molar-refractivity contribution in [3.05, 3.63) is 58.8 Å². The Hall–Kier alpha value is -2.75. The van der Waals surface area contributed by atoms with Crippen LogP contribution < -0.4 is 14.9 Å². The van der Waals surface area contributed by atoms with Crippen LogP contribution in [0.25, 0.3) is 22.2 Å². The largest absolute Gasteiger partial charge is 0.497 e. The Morgan fingerprint density at radius 3 is 2.38 bits per heavy atom. The first-order valence-corrected chi connectivity index (χ1v) is 6.57. The summed E-state index contributed by atoms with van der Waals surface area (Å²) in [6.07, 6.45) is 0. The molecule has 0 aliphatic heterocycles. The number of pyridine rings is 1. The van der Waals surface area contributed by atoms with E-state index in [2.05, 4.69) is 4.98 Å². The maximum Gasteiger partial charge on any atom is 0.193 e. The third-order valence-electron chi connectivity index (χ3n) is 3.41. The first kappa shape index (κ1) is 13.2. The maximum absolute atomic E-state index is 12.4. The van der Waals surface area contributed by atoms with Gasteiger partial charge in [0.1, 0.15) is 11.5 Å². The normalized spacial score (nSPS) is 10.6. The molecule has 106 valence electrons. The third-order valence-corrected chi connectivity index (χ3v) is 3.41. The summed E-state index contributed by atoms with van der Waals surface area (Å²) in [7, 11) is 3.12. The Morgan fingerprint density at radius 2 is 1.71 bits per heavy atom. The molecule has 0 amide bonds. The lowest BCUT2D eigenvalue weighted by Gasteiger charge is -2.10. The van der Waals surface area contributed by atoms with Crippen LogP contribution in [0.5, 0.6) is 11.5 Å². The van der Waals surface area contributed by atoms with Gasteiger partial charge in [0, 0.05) is 23.9 Å². The van der Waals surface area contributed by atoms with Gasteiger partial charge in [0.2, 0.25) is 0 Å². The van der Waals surface area contributed by atoms with E-state index >= 15 is 0 Å². The lowest BCUT2D eigenvalue weighted by atomic mass is 10.1. The zero-order valence-electron chi connectivity index (χ0n) is 11.8.